The number of rotatable bonds is 4. The van der Waals surface area contributed by atoms with Crippen LogP contribution in [0.25, 0.3) is 6.08 Å². The molecule has 1 amide bonds. The highest BCUT2D eigenvalue weighted by atomic mass is 32.1. The lowest BCUT2D eigenvalue weighted by molar-refractivity contribution is -0.254. The predicted octanol–water partition coefficient (Wildman–Crippen LogP) is 3.09. The van der Waals surface area contributed by atoms with Gasteiger partial charge >= 0.3 is 0 Å². The standard InChI is InChI=1S/C17H17NO3S2/c19-14(9-8-11-5-4-10-22-11)18-16-15(17(20)21)12-6-2-1-3-7-13(12)23-16/h4-5,8-10H,1-3,6-7H2,(H,18,19)(H,20,21)/p-1/b9-8+. The molecule has 2 aromatic heterocycles. The van der Waals surface area contributed by atoms with E-state index >= 15 is 0 Å². The van der Waals surface area contributed by atoms with Crippen molar-refractivity contribution in [3.05, 3.63) is 44.5 Å². The van der Waals surface area contributed by atoms with E-state index in [0.29, 0.717) is 5.00 Å². The van der Waals surface area contributed by atoms with Crippen LogP contribution in [0.15, 0.2) is 23.6 Å². The van der Waals surface area contributed by atoms with Crippen LogP contribution in [-0.4, -0.2) is 11.9 Å². The number of hydrogen-bond acceptors (Lipinski definition) is 5. The Morgan fingerprint density at radius 2 is 2.04 bits per heavy atom. The SMILES string of the molecule is O=C(/C=C/c1cccs1)Nc1sc2c(c1C(=O)[O-])CCCCC2. The number of aryl methyl sites for hydroxylation is 1. The summed E-state index contributed by atoms with van der Waals surface area (Å²) in [6.45, 7) is 0. The third kappa shape index (κ3) is 3.71. The highest BCUT2D eigenvalue weighted by Gasteiger charge is 2.21. The van der Waals surface area contributed by atoms with Gasteiger partial charge in [-0.3, -0.25) is 4.79 Å². The van der Waals surface area contributed by atoms with Crippen LogP contribution in [0.1, 0.15) is 44.9 Å². The zero-order valence-corrected chi connectivity index (χ0v) is 14.1. The lowest BCUT2D eigenvalue weighted by atomic mass is 10.1. The van der Waals surface area contributed by atoms with Crippen molar-refractivity contribution in [3.8, 4) is 0 Å². The Morgan fingerprint density at radius 3 is 2.78 bits per heavy atom. The van der Waals surface area contributed by atoms with Gasteiger partial charge in [0.2, 0.25) is 5.91 Å². The van der Waals surface area contributed by atoms with Crippen LogP contribution in [-0.2, 0) is 17.6 Å². The first-order chi connectivity index (χ1) is 11.1. The zero-order chi connectivity index (χ0) is 16.2. The summed E-state index contributed by atoms with van der Waals surface area (Å²) in [6, 6.07) is 3.82. The highest BCUT2D eigenvalue weighted by molar-refractivity contribution is 7.17. The number of carboxylic acid groups (broad SMARTS) is 1. The number of aromatic carboxylic acids is 1. The second kappa shape index (κ2) is 7.10. The van der Waals surface area contributed by atoms with Crippen molar-refractivity contribution >= 4 is 45.6 Å². The van der Waals surface area contributed by atoms with E-state index in [2.05, 4.69) is 5.32 Å². The van der Waals surface area contributed by atoms with E-state index < -0.39 is 5.97 Å². The molecule has 0 unspecified atom stereocenters. The van der Waals surface area contributed by atoms with Crippen molar-refractivity contribution in [2.24, 2.45) is 0 Å². The number of carboxylic acids is 1. The third-order valence-corrected chi connectivity index (χ3v) is 5.85. The molecule has 0 bridgehead atoms. The van der Waals surface area contributed by atoms with E-state index in [0.717, 1.165) is 47.4 Å². The van der Waals surface area contributed by atoms with E-state index in [1.54, 1.807) is 6.08 Å². The number of amides is 1. The van der Waals surface area contributed by atoms with Gasteiger partial charge in [0.1, 0.15) is 5.00 Å². The van der Waals surface area contributed by atoms with Crippen molar-refractivity contribution in [1.29, 1.82) is 0 Å². The third-order valence-electron chi connectivity index (χ3n) is 3.80. The van der Waals surface area contributed by atoms with Crippen LogP contribution in [0.2, 0.25) is 0 Å². The summed E-state index contributed by atoms with van der Waals surface area (Å²) >= 11 is 2.91. The molecule has 0 saturated heterocycles. The van der Waals surface area contributed by atoms with Gasteiger partial charge < -0.3 is 15.2 Å². The van der Waals surface area contributed by atoms with Crippen molar-refractivity contribution in [3.63, 3.8) is 0 Å². The molecule has 1 N–H and O–H groups in total. The van der Waals surface area contributed by atoms with Crippen LogP contribution in [0, 0.1) is 0 Å². The molecular weight excluding hydrogens is 330 g/mol. The summed E-state index contributed by atoms with van der Waals surface area (Å²) in [5.41, 5.74) is 1.02. The van der Waals surface area contributed by atoms with Gasteiger partial charge in [0.05, 0.1) is 5.97 Å². The van der Waals surface area contributed by atoms with Crippen molar-refractivity contribution in [1.82, 2.24) is 0 Å². The Morgan fingerprint density at radius 1 is 1.22 bits per heavy atom. The first kappa shape index (κ1) is 16.0. The lowest BCUT2D eigenvalue weighted by Gasteiger charge is -2.08. The minimum absolute atomic E-state index is 0.171. The smallest absolute Gasteiger partial charge is 0.249 e. The molecular formula is C17H16NO3S2-. The summed E-state index contributed by atoms with van der Waals surface area (Å²) in [7, 11) is 0. The number of nitrogens with one attached hydrogen (secondary N) is 1. The van der Waals surface area contributed by atoms with Gasteiger partial charge in [-0.05, 0) is 48.8 Å². The maximum Gasteiger partial charge on any atom is 0.249 e. The second-order valence-corrected chi connectivity index (χ2v) is 7.48. The summed E-state index contributed by atoms with van der Waals surface area (Å²) in [5.74, 6) is -1.53. The lowest BCUT2D eigenvalue weighted by Crippen LogP contribution is -2.25. The van der Waals surface area contributed by atoms with Gasteiger partial charge in [0.25, 0.3) is 0 Å². The van der Waals surface area contributed by atoms with Gasteiger partial charge in [-0.1, -0.05) is 12.5 Å². The Labute approximate surface area is 142 Å². The first-order valence-corrected chi connectivity index (χ1v) is 9.23. The summed E-state index contributed by atoms with van der Waals surface area (Å²) in [6.07, 6.45) is 7.92. The minimum Gasteiger partial charge on any atom is -0.545 e. The fraction of sp³-hybridized carbons (Fsp3) is 0.294. The van der Waals surface area contributed by atoms with Crippen LogP contribution >= 0.6 is 22.7 Å². The van der Waals surface area contributed by atoms with Gasteiger partial charge in [-0.15, -0.1) is 22.7 Å². The number of hydrogen-bond donors (Lipinski definition) is 1. The maximum atomic E-state index is 12.1. The average molecular weight is 346 g/mol. The fourth-order valence-corrected chi connectivity index (χ4v) is 4.64. The summed E-state index contributed by atoms with van der Waals surface area (Å²) < 4.78 is 0. The quantitative estimate of drug-likeness (QED) is 0.683. The average Bonchev–Trinajstić information content (AvgIpc) is 3.08. The molecule has 6 heteroatoms. The number of thiophene rings is 2. The molecule has 23 heavy (non-hydrogen) atoms. The molecule has 4 nitrogen and oxygen atoms in total. The molecule has 0 aromatic carbocycles. The van der Waals surface area contributed by atoms with Gasteiger partial charge in [-0.25, -0.2) is 0 Å². The molecule has 0 saturated carbocycles. The van der Waals surface area contributed by atoms with E-state index in [-0.39, 0.29) is 11.5 Å². The van der Waals surface area contributed by atoms with E-state index in [1.807, 2.05) is 17.5 Å². The van der Waals surface area contributed by atoms with Crippen LogP contribution in [0.4, 0.5) is 5.00 Å². The Hall–Kier alpha value is -1.92. The Bertz CT molecular complexity index is 744. The molecule has 0 spiro atoms. The van der Waals surface area contributed by atoms with Crippen molar-refractivity contribution < 1.29 is 14.7 Å². The number of carbonyl (C=O) groups is 2. The normalized spacial score (nSPS) is 14.4. The minimum atomic E-state index is -1.21. The molecule has 3 rings (SSSR count). The van der Waals surface area contributed by atoms with Gasteiger partial charge in [-0.2, -0.15) is 0 Å². The molecule has 1 aliphatic carbocycles. The van der Waals surface area contributed by atoms with Crippen molar-refractivity contribution in [2.75, 3.05) is 5.32 Å². The molecule has 0 atom stereocenters. The van der Waals surface area contributed by atoms with Crippen molar-refractivity contribution in [2.45, 2.75) is 32.1 Å². The zero-order valence-electron chi connectivity index (χ0n) is 12.5. The predicted molar refractivity (Wildman–Crippen MR) is 91.9 cm³/mol. The molecule has 0 fully saturated rings. The van der Waals surface area contributed by atoms with Gasteiger partial charge in [0, 0.05) is 21.4 Å². The molecule has 0 radical (unpaired) electrons. The van der Waals surface area contributed by atoms with E-state index in [9.17, 15) is 14.7 Å². The van der Waals surface area contributed by atoms with E-state index in [4.69, 9.17) is 0 Å². The summed E-state index contributed by atoms with van der Waals surface area (Å²) in [5, 5.41) is 16.6. The van der Waals surface area contributed by atoms with Crippen LogP contribution in [0.5, 0.6) is 0 Å². The largest absolute Gasteiger partial charge is 0.545 e. The molecule has 120 valence electrons. The monoisotopic (exact) mass is 346 g/mol. The topological polar surface area (TPSA) is 69.2 Å². The molecule has 2 aromatic rings. The summed E-state index contributed by atoms with van der Waals surface area (Å²) in [4.78, 5) is 25.6. The van der Waals surface area contributed by atoms with Gasteiger partial charge in [0.15, 0.2) is 0 Å². The molecule has 2 heterocycles. The number of anilines is 1. The maximum absolute atomic E-state index is 12.1. The highest BCUT2D eigenvalue weighted by Crippen LogP contribution is 2.37. The Kier molecular flexibility index (Phi) is 4.93. The molecule has 1 aliphatic rings. The molecule has 0 aliphatic heterocycles. The number of carbonyl (C=O) groups excluding carboxylic acids is 2. The fourth-order valence-electron chi connectivity index (χ4n) is 2.74. The first-order valence-electron chi connectivity index (χ1n) is 7.53. The van der Waals surface area contributed by atoms with E-state index in [1.165, 1.54) is 28.7 Å². The van der Waals surface area contributed by atoms with Crippen LogP contribution < -0.4 is 10.4 Å². The van der Waals surface area contributed by atoms with Crippen LogP contribution in [0.3, 0.4) is 0 Å². The Balaban J connectivity index is 1.82. The second-order valence-electron chi connectivity index (χ2n) is 5.39. The number of fused-ring (bicyclic) bond motifs is 1.